The molecule has 0 atom stereocenters. The van der Waals surface area contributed by atoms with E-state index in [1.54, 1.807) is 6.07 Å². The molecule has 6 nitrogen and oxygen atoms in total. The molecule has 0 aliphatic rings. The van der Waals surface area contributed by atoms with Crippen LogP contribution in [0.4, 0.5) is 24.8 Å². The number of alkyl halides is 3. The fraction of sp³-hybridized carbons (Fsp3) is 0.600. The number of nitrogen functional groups attached to an aromatic ring is 1. The van der Waals surface area contributed by atoms with Crippen molar-refractivity contribution in [2.45, 2.75) is 12.7 Å². The number of aromatic nitrogens is 2. The molecule has 1 aromatic rings. The first-order valence-electron chi connectivity index (χ1n) is 5.46. The van der Waals surface area contributed by atoms with E-state index in [0.29, 0.717) is 13.1 Å². The lowest BCUT2D eigenvalue weighted by atomic mass is 10.3. The highest BCUT2D eigenvalue weighted by Gasteiger charge is 2.28. The molecule has 106 valence electrons. The average Bonchev–Trinajstić information content (AvgIpc) is 2.59. The van der Waals surface area contributed by atoms with Gasteiger partial charge in [0.1, 0.15) is 24.0 Å². The number of nitrogens with two attached hydrogens (primary N) is 1. The van der Waals surface area contributed by atoms with Crippen LogP contribution in [0.5, 0.6) is 0 Å². The lowest BCUT2D eigenvalue weighted by Gasteiger charge is -2.10. The average molecular weight is 276 g/mol. The summed E-state index contributed by atoms with van der Waals surface area (Å²) in [4.78, 5) is 1.87. The molecule has 0 aliphatic heterocycles. The first kappa shape index (κ1) is 15.1. The Hall–Kier alpha value is -1.95. The highest BCUT2D eigenvalue weighted by molar-refractivity contribution is 5.63. The second-order valence-corrected chi connectivity index (χ2v) is 4.22. The number of hydrogen-bond acceptors (Lipinski definition) is 5. The Morgan fingerprint density at radius 1 is 1.47 bits per heavy atom. The zero-order valence-electron chi connectivity index (χ0n) is 10.6. The minimum Gasteiger partial charge on any atom is -0.383 e. The van der Waals surface area contributed by atoms with Gasteiger partial charge in [-0.15, -0.1) is 0 Å². The Morgan fingerprint density at radius 2 is 2.11 bits per heavy atom. The molecule has 0 radical (unpaired) electrons. The third-order valence-electron chi connectivity index (χ3n) is 2.32. The number of hydrogen-bond donors (Lipinski definition) is 2. The maximum Gasteiger partial charge on any atom is 0.405 e. The molecule has 0 spiro atoms. The topological polar surface area (TPSA) is 82.9 Å². The van der Waals surface area contributed by atoms with Gasteiger partial charge in [-0.25, -0.2) is 4.68 Å². The maximum atomic E-state index is 12.1. The van der Waals surface area contributed by atoms with Crippen molar-refractivity contribution in [3.05, 3.63) is 5.56 Å². The summed E-state index contributed by atoms with van der Waals surface area (Å²) in [5.74, 6) is -0.0786. The van der Waals surface area contributed by atoms with Gasteiger partial charge in [0, 0.05) is 6.54 Å². The molecular formula is C10H15F3N6. The van der Waals surface area contributed by atoms with Crippen molar-refractivity contribution in [2.24, 2.45) is 0 Å². The number of nitriles is 1. The smallest absolute Gasteiger partial charge is 0.383 e. The molecule has 0 saturated heterocycles. The maximum absolute atomic E-state index is 12.1. The van der Waals surface area contributed by atoms with Crippen LogP contribution in [0, 0.1) is 11.3 Å². The molecular weight excluding hydrogens is 261 g/mol. The molecule has 1 heterocycles. The summed E-state index contributed by atoms with van der Waals surface area (Å²) >= 11 is 0. The lowest BCUT2D eigenvalue weighted by Crippen LogP contribution is -2.22. The van der Waals surface area contributed by atoms with Crippen LogP contribution < -0.4 is 11.1 Å². The van der Waals surface area contributed by atoms with Gasteiger partial charge < -0.3 is 16.0 Å². The van der Waals surface area contributed by atoms with E-state index in [1.165, 1.54) is 4.68 Å². The van der Waals surface area contributed by atoms with Crippen LogP contribution in [0.3, 0.4) is 0 Å². The van der Waals surface area contributed by atoms with E-state index in [0.717, 1.165) is 0 Å². The van der Waals surface area contributed by atoms with Crippen molar-refractivity contribution in [1.82, 2.24) is 14.7 Å². The first-order valence-corrected chi connectivity index (χ1v) is 5.46. The van der Waals surface area contributed by atoms with Crippen molar-refractivity contribution in [3.8, 4) is 6.07 Å². The molecule has 0 aromatic carbocycles. The molecule has 0 unspecified atom stereocenters. The van der Waals surface area contributed by atoms with Gasteiger partial charge in [0.15, 0.2) is 5.82 Å². The molecule has 9 heteroatoms. The molecule has 0 fully saturated rings. The van der Waals surface area contributed by atoms with E-state index in [-0.39, 0.29) is 17.2 Å². The van der Waals surface area contributed by atoms with Crippen molar-refractivity contribution >= 4 is 11.6 Å². The van der Waals surface area contributed by atoms with Gasteiger partial charge in [-0.05, 0) is 14.1 Å². The third-order valence-corrected chi connectivity index (χ3v) is 2.32. The fourth-order valence-corrected chi connectivity index (χ4v) is 1.36. The summed E-state index contributed by atoms with van der Waals surface area (Å²) in [6.07, 6.45) is -4.38. The van der Waals surface area contributed by atoms with E-state index in [9.17, 15) is 13.2 Å². The SMILES string of the molecule is CN(C)CCn1nc(NCC(F)(F)F)c(C#N)c1N. The van der Waals surface area contributed by atoms with Crippen molar-refractivity contribution < 1.29 is 13.2 Å². The number of halogens is 3. The monoisotopic (exact) mass is 276 g/mol. The van der Waals surface area contributed by atoms with Gasteiger partial charge in [-0.2, -0.15) is 23.5 Å². The van der Waals surface area contributed by atoms with Crippen LogP contribution in [0.1, 0.15) is 5.56 Å². The van der Waals surface area contributed by atoms with E-state index >= 15 is 0 Å². The van der Waals surface area contributed by atoms with Gasteiger partial charge in [0.25, 0.3) is 0 Å². The molecule has 0 saturated carbocycles. The zero-order chi connectivity index (χ0) is 14.6. The van der Waals surface area contributed by atoms with Crippen LogP contribution in [0.25, 0.3) is 0 Å². The van der Waals surface area contributed by atoms with Gasteiger partial charge in [0.2, 0.25) is 0 Å². The molecule has 0 aliphatic carbocycles. The summed E-state index contributed by atoms with van der Waals surface area (Å²) in [5.41, 5.74) is 5.61. The number of likely N-dealkylation sites (N-methyl/N-ethyl adjacent to an activating group) is 1. The second-order valence-electron chi connectivity index (χ2n) is 4.22. The Bertz CT molecular complexity index is 471. The minimum absolute atomic E-state index is 0.0639. The predicted octanol–water partition coefficient (Wildman–Crippen LogP) is 0.873. The summed E-state index contributed by atoms with van der Waals surface area (Å²) in [6.45, 7) is -0.261. The van der Waals surface area contributed by atoms with Gasteiger partial charge in [0.05, 0.1) is 6.54 Å². The normalized spacial score (nSPS) is 11.6. The van der Waals surface area contributed by atoms with Gasteiger partial charge in [-0.3, -0.25) is 0 Å². The lowest BCUT2D eigenvalue weighted by molar-refractivity contribution is -0.115. The van der Waals surface area contributed by atoms with E-state index in [4.69, 9.17) is 11.0 Å². The van der Waals surface area contributed by atoms with Gasteiger partial charge >= 0.3 is 6.18 Å². The molecule has 0 bridgehead atoms. The minimum atomic E-state index is -4.38. The number of anilines is 2. The Morgan fingerprint density at radius 3 is 2.58 bits per heavy atom. The van der Waals surface area contributed by atoms with E-state index in [1.807, 2.05) is 19.0 Å². The first-order chi connectivity index (χ1) is 8.74. The van der Waals surface area contributed by atoms with Crippen LogP contribution in [-0.4, -0.2) is 48.0 Å². The van der Waals surface area contributed by atoms with Crippen molar-refractivity contribution in [2.75, 3.05) is 38.2 Å². The van der Waals surface area contributed by atoms with E-state index in [2.05, 4.69) is 10.4 Å². The van der Waals surface area contributed by atoms with Gasteiger partial charge in [-0.1, -0.05) is 0 Å². The van der Waals surface area contributed by atoms with Crippen molar-refractivity contribution in [3.63, 3.8) is 0 Å². The summed E-state index contributed by atoms with van der Waals surface area (Å²) < 4.78 is 37.7. The predicted molar refractivity (Wildman–Crippen MR) is 64.5 cm³/mol. The molecule has 0 amide bonds. The standard InChI is InChI=1S/C10H15F3N6/c1-18(2)3-4-19-8(15)7(5-14)9(17-19)16-6-10(11,12)13/h3-4,6,15H2,1-2H3,(H,16,17). The summed E-state index contributed by atoms with van der Waals surface area (Å²) in [6, 6.07) is 1.76. The largest absolute Gasteiger partial charge is 0.405 e. The highest BCUT2D eigenvalue weighted by atomic mass is 19.4. The van der Waals surface area contributed by atoms with Crippen LogP contribution >= 0.6 is 0 Å². The zero-order valence-corrected chi connectivity index (χ0v) is 10.6. The quantitative estimate of drug-likeness (QED) is 0.834. The molecule has 1 rings (SSSR count). The second kappa shape index (κ2) is 5.79. The molecule has 1 aromatic heterocycles. The molecule has 3 N–H and O–H groups in total. The highest BCUT2D eigenvalue weighted by Crippen LogP contribution is 2.22. The third kappa shape index (κ3) is 4.33. The summed E-state index contributed by atoms with van der Waals surface area (Å²) in [5, 5.41) is 14.9. The van der Waals surface area contributed by atoms with Crippen LogP contribution in [0.15, 0.2) is 0 Å². The Balaban J connectivity index is 2.87. The summed E-state index contributed by atoms with van der Waals surface area (Å²) in [7, 11) is 3.68. The Labute approximate surface area is 108 Å². The van der Waals surface area contributed by atoms with Crippen molar-refractivity contribution in [1.29, 1.82) is 5.26 Å². The number of rotatable bonds is 5. The van der Waals surface area contributed by atoms with E-state index < -0.39 is 12.7 Å². The number of nitrogens with zero attached hydrogens (tertiary/aromatic N) is 4. The molecule has 19 heavy (non-hydrogen) atoms. The van der Waals surface area contributed by atoms with Crippen LogP contribution in [-0.2, 0) is 6.54 Å². The number of nitrogens with one attached hydrogen (secondary N) is 1. The van der Waals surface area contributed by atoms with Crippen LogP contribution in [0.2, 0.25) is 0 Å². The Kier molecular flexibility index (Phi) is 4.61. The fourth-order valence-electron chi connectivity index (χ4n) is 1.36.